The van der Waals surface area contributed by atoms with Crippen molar-refractivity contribution in [2.75, 3.05) is 5.32 Å². The molecule has 1 unspecified atom stereocenters. The van der Waals surface area contributed by atoms with Gasteiger partial charge in [-0.05, 0) is 49.3 Å². The molecule has 1 aromatic carbocycles. The van der Waals surface area contributed by atoms with Gasteiger partial charge < -0.3 is 10.6 Å². The Kier molecular flexibility index (Phi) is 6.05. The van der Waals surface area contributed by atoms with Gasteiger partial charge in [0.1, 0.15) is 0 Å². The summed E-state index contributed by atoms with van der Waals surface area (Å²) in [5.74, 6) is 0. The summed E-state index contributed by atoms with van der Waals surface area (Å²) >= 11 is 0. The molecule has 0 radical (unpaired) electrons. The molecule has 0 fully saturated rings. The van der Waals surface area contributed by atoms with Crippen molar-refractivity contribution in [1.82, 2.24) is 5.32 Å². The molecule has 2 amide bonds. The Hall–Kier alpha value is -1.51. The van der Waals surface area contributed by atoms with E-state index in [4.69, 9.17) is 0 Å². The smallest absolute Gasteiger partial charge is 0.319 e. The van der Waals surface area contributed by atoms with Crippen molar-refractivity contribution >= 4 is 11.7 Å². The van der Waals surface area contributed by atoms with E-state index >= 15 is 0 Å². The Morgan fingerprint density at radius 3 is 2.15 bits per heavy atom. The molecule has 0 aliphatic heterocycles. The van der Waals surface area contributed by atoms with Crippen LogP contribution in [0.1, 0.15) is 59.4 Å². The standard InChI is InChI=1S/C17H28N2O/c1-6-13(4)18-16(20)19-15-11-9-14(10-12-15)17(5,7-2)8-3/h9-13H,6-8H2,1-5H3,(H2,18,19,20). The van der Waals surface area contributed by atoms with Gasteiger partial charge in [0.05, 0.1) is 0 Å². The SMILES string of the molecule is CCC(C)NC(=O)Nc1ccc(C(C)(CC)CC)cc1. The zero-order valence-corrected chi connectivity index (χ0v) is 13.4. The summed E-state index contributed by atoms with van der Waals surface area (Å²) < 4.78 is 0. The van der Waals surface area contributed by atoms with Crippen LogP contribution < -0.4 is 10.6 Å². The molecule has 0 spiro atoms. The molecule has 3 nitrogen and oxygen atoms in total. The van der Waals surface area contributed by atoms with Gasteiger partial charge in [0.15, 0.2) is 0 Å². The lowest BCUT2D eigenvalue weighted by Crippen LogP contribution is -2.35. The number of carbonyl (C=O) groups excluding carboxylic acids is 1. The maximum Gasteiger partial charge on any atom is 0.319 e. The van der Waals surface area contributed by atoms with Crippen molar-refractivity contribution in [2.45, 2.75) is 65.3 Å². The van der Waals surface area contributed by atoms with Crippen LogP contribution in [0.5, 0.6) is 0 Å². The first-order valence-corrected chi connectivity index (χ1v) is 7.63. The van der Waals surface area contributed by atoms with Crippen LogP contribution >= 0.6 is 0 Å². The molecule has 1 aromatic rings. The van der Waals surface area contributed by atoms with Crippen LogP contribution in [-0.4, -0.2) is 12.1 Å². The molecule has 0 aromatic heterocycles. The molecule has 0 bridgehead atoms. The van der Waals surface area contributed by atoms with Gasteiger partial charge in [-0.2, -0.15) is 0 Å². The minimum Gasteiger partial charge on any atom is -0.335 e. The summed E-state index contributed by atoms with van der Waals surface area (Å²) in [7, 11) is 0. The van der Waals surface area contributed by atoms with Crippen molar-refractivity contribution < 1.29 is 4.79 Å². The summed E-state index contributed by atoms with van der Waals surface area (Å²) in [5, 5.41) is 5.77. The fourth-order valence-corrected chi connectivity index (χ4v) is 2.11. The highest BCUT2D eigenvalue weighted by molar-refractivity contribution is 5.89. The van der Waals surface area contributed by atoms with Crippen LogP contribution in [0.15, 0.2) is 24.3 Å². The first-order valence-electron chi connectivity index (χ1n) is 7.63. The van der Waals surface area contributed by atoms with Crippen molar-refractivity contribution in [3.8, 4) is 0 Å². The quantitative estimate of drug-likeness (QED) is 0.778. The minimum absolute atomic E-state index is 0.138. The van der Waals surface area contributed by atoms with Crippen LogP contribution in [-0.2, 0) is 5.41 Å². The Morgan fingerprint density at radius 2 is 1.70 bits per heavy atom. The number of rotatable bonds is 6. The van der Waals surface area contributed by atoms with Crippen LogP contribution in [0.25, 0.3) is 0 Å². The number of hydrogen-bond donors (Lipinski definition) is 2. The van der Waals surface area contributed by atoms with Crippen LogP contribution in [0.3, 0.4) is 0 Å². The molecular formula is C17H28N2O. The average molecular weight is 276 g/mol. The summed E-state index contributed by atoms with van der Waals surface area (Å²) in [4.78, 5) is 11.8. The van der Waals surface area contributed by atoms with E-state index in [2.05, 4.69) is 50.5 Å². The monoisotopic (exact) mass is 276 g/mol. The van der Waals surface area contributed by atoms with Gasteiger partial charge in [-0.1, -0.05) is 39.8 Å². The topological polar surface area (TPSA) is 41.1 Å². The molecule has 2 N–H and O–H groups in total. The summed E-state index contributed by atoms with van der Waals surface area (Å²) in [6, 6.07) is 8.25. The van der Waals surface area contributed by atoms with Crippen molar-refractivity contribution in [3.05, 3.63) is 29.8 Å². The normalized spacial score (nSPS) is 12.8. The number of urea groups is 1. The molecule has 1 rings (SSSR count). The third-order valence-corrected chi connectivity index (χ3v) is 4.39. The van der Waals surface area contributed by atoms with E-state index < -0.39 is 0 Å². The van der Waals surface area contributed by atoms with Crippen LogP contribution in [0.4, 0.5) is 10.5 Å². The second-order valence-corrected chi connectivity index (χ2v) is 5.75. The second kappa shape index (κ2) is 7.32. The van der Waals surface area contributed by atoms with Crippen LogP contribution in [0.2, 0.25) is 0 Å². The number of benzene rings is 1. The minimum atomic E-state index is -0.138. The first kappa shape index (κ1) is 16.5. The number of anilines is 1. The molecule has 20 heavy (non-hydrogen) atoms. The first-order chi connectivity index (χ1) is 9.45. The van der Waals surface area contributed by atoms with Gasteiger partial charge in [0.25, 0.3) is 0 Å². The Labute approximate surface area is 123 Å². The molecule has 0 saturated heterocycles. The van der Waals surface area contributed by atoms with Crippen molar-refractivity contribution in [3.63, 3.8) is 0 Å². The zero-order chi connectivity index (χ0) is 15.2. The molecule has 0 aliphatic rings. The fraction of sp³-hybridized carbons (Fsp3) is 0.588. The Balaban J connectivity index is 2.70. The average Bonchev–Trinajstić information content (AvgIpc) is 2.46. The van der Waals surface area contributed by atoms with Gasteiger partial charge in [0, 0.05) is 11.7 Å². The highest BCUT2D eigenvalue weighted by Crippen LogP contribution is 2.31. The van der Waals surface area contributed by atoms with Gasteiger partial charge in [0.2, 0.25) is 0 Å². The summed E-state index contributed by atoms with van der Waals surface area (Å²) in [6.45, 7) is 10.8. The number of amides is 2. The Bertz CT molecular complexity index is 421. The van der Waals surface area contributed by atoms with Crippen molar-refractivity contribution in [2.24, 2.45) is 0 Å². The lowest BCUT2D eigenvalue weighted by Gasteiger charge is -2.27. The van der Waals surface area contributed by atoms with E-state index in [1.165, 1.54) is 5.56 Å². The largest absolute Gasteiger partial charge is 0.335 e. The lowest BCUT2D eigenvalue weighted by atomic mass is 9.78. The fourth-order valence-electron chi connectivity index (χ4n) is 2.11. The van der Waals surface area contributed by atoms with E-state index in [0.717, 1.165) is 24.9 Å². The molecular weight excluding hydrogens is 248 g/mol. The van der Waals surface area contributed by atoms with E-state index in [9.17, 15) is 4.79 Å². The molecule has 1 atom stereocenters. The van der Waals surface area contributed by atoms with E-state index in [1.54, 1.807) is 0 Å². The van der Waals surface area contributed by atoms with Crippen molar-refractivity contribution in [1.29, 1.82) is 0 Å². The maximum atomic E-state index is 11.8. The lowest BCUT2D eigenvalue weighted by molar-refractivity contribution is 0.249. The van der Waals surface area contributed by atoms with E-state index in [1.807, 2.05) is 19.1 Å². The molecule has 0 saturated carbocycles. The number of nitrogens with one attached hydrogen (secondary N) is 2. The van der Waals surface area contributed by atoms with Gasteiger partial charge in [-0.3, -0.25) is 0 Å². The summed E-state index contributed by atoms with van der Waals surface area (Å²) in [6.07, 6.45) is 3.16. The second-order valence-electron chi connectivity index (χ2n) is 5.75. The molecule has 0 aliphatic carbocycles. The predicted octanol–water partition coefficient (Wildman–Crippen LogP) is 4.68. The zero-order valence-electron chi connectivity index (χ0n) is 13.4. The molecule has 0 heterocycles. The molecule has 3 heteroatoms. The third-order valence-electron chi connectivity index (χ3n) is 4.39. The van der Waals surface area contributed by atoms with Gasteiger partial charge in [-0.15, -0.1) is 0 Å². The number of carbonyl (C=O) groups is 1. The summed E-state index contributed by atoms with van der Waals surface area (Å²) in [5.41, 5.74) is 2.39. The van der Waals surface area contributed by atoms with E-state index in [0.29, 0.717) is 0 Å². The van der Waals surface area contributed by atoms with Crippen LogP contribution in [0, 0.1) is 0 Å². The maximum absolute atomic E-state index is 11.8. The number of hydrogen-bond acceptors (Lipinski definition) is 1. The highest BCUT2D eigenvalue weighted by Gasteiger charge is 2.21. The van der Waals surface area contributed by atoms with E-state index in [-0.39, 0.29) is 17.5 Å². The highest BCUT2D eigenvalue weighted by atomic mass is 16.2. The van der Waals surface area contributed by atoms with Gasteiger partial charge in [-0.25, -0.2) is 4.79 Å². The van der Waals surface area contributed by atoms with Gasteiger partial charge >= 0.3 is 6.03 Å². The molecule has 112 valence electrons. The third kappa shape index (κ3) is 4.26. The Morgan fingerprint density at radius 1 is 1.15 bits per heavy atom. The predicted molar refractivity (Wildman–Crippen MR) is 86.3 cm³/mol.